The molecule has 25 heavy (non-hydrogen) atoms. The van der Waals surface area contributed by atoms with Crippen LogP contribution in [-0.4, -0.2) is 28.9 Å². The van der Waals surface area contributed by atoms with E-state index in [1.807, 2.05) is 43.3 Å². The molecule has 1 fully saturated rings. The van der Waals surface area contributed by atoms with E-state index >= 15 is 0 Å². The van der Waals surface area contributed by atoms with E-state index in [1.54, 1.807) is 18.2 Å². The predicted molar refractivity (Wildman–Crippen MR) is 102 cm³/mol. The van der Waals surface area contributed by atoms with Crippen LogP contribution < -0.4 is 0 Å². The fraction of sp³-hybridized carbons (Fsp3) is 0.318. The van der Waals surface area contributed by atoms with E-state index in [9.17, 15) is 9.90 Å². The largest absolute Gasteiger partial charge is 0.508 e. The van der Waals surface area contributed by atoms with Gasteiger partial charge in [-0.05, 0) is 62.7 Å². The Kier molecular flexibility index (Phi) is 5.67. The van der Waals surface area contributed by atoms with Crippen molar-refractivity contribution < 1.29 is 9.90 Å². The molecule has 2 aromatic rings. The molecule has 0 amide bonds. The number of nitrogens with zero attached hydrogens (tertiary/aromatic N) is 1. The lowest BCUT2D eigenvalue weighted by Gasteiger charge is -2.26. The quantitative estimate of drug-likeness (QED) is 0.642. The number of hydrogen-bond acceptors (Lipinski definition) is 3. The highest BCUT2D eigenvalue weighted by Crippen LogP contribution is 2.23. The maximum absolute atomic E-state index is 12.5. The number of aromatic hydroxyl groups is 1. The molecular weight excluding hydrogens is 310 g/mol. The first-order valence-corrected chi connectivity index (χ1v) is 8.95. The second-order valence-electron chi connectivity index (χ2n) is 6.79. The van der Waals surface area contributed by atoms with Gasteiger partial charge < -0.3 is 5.11 Å². The van der Waals surface area contributed by atoms with E-state index < -0.39 is 0 Å². The fourth-order valence-corrected chi connectivity index (χ4v) is 3.17. The van der Waals surface area contributed by atoms with Gasteiger partial charge in [-0.3, -0.25) is 9.69 Å². The number of piperidine rings is 1. The van der Waals surface area contributed by atoms with Crippen LogP contribution >= 0.6 is 0 Å². The summed E-state index contributed by atoms with van der Waals surface area (Å²) in [5.41, 5.74) is 3.65. The van der Waals surface area contributed by atoms with Gasteiger partial charge in [0.25, 0.3) is 0 Å². The molecule has 3 heteroatoms. The second-order valence-corrected chi connectivity index (χ2v) is 6.79. The molecule has 0 saturated carbocycles. The van der Waals surface area contributed by atoms with Gasteiger partial charge in [0.1, 0.15) is 5.75 Å². The zero-order chi connectivity index (χ0) is 17.6. The highest BCUT2D eigenvalue weighted by molar-refractivity contribution is 6.07. The Morgan fingerprint density at radius 1 is 1.08 bits per heavy atom. The maximum Gasteiger partial charge on any atom is 0.185 e. The van der Waals surface area contributed by atoms with Crippen molar-refractivity contribution in [1.29, 1.82) is 0 Å². The normalized spacial score (nSPS) is 15.6. The van der Waals surface area contributed by atoms with Crippen LogP contribution in [0.25, 0.3) is 6.08 Å². The van der Waals surface area contributed by atoms with E-state index in [0.717, 1.165) is 24.2 Å². The molecule has 0 spiro atoms. The Morgan fingerprint density at radius 2 is 1.80 bits per heavy atom. The molecule has 2 aromatic carbocycles. The number of carbonyl (C=O) groups is 1. The van der Waals surface area contributed by atoms with E-state index in [2.05, 4.69) is 4.90 Å². The number of phenolic OH excluding ortho intramolecular Hbond substituents is 1. The number of likely N-dealkylation sites (tertiary alicyclic amines) is 1. The summed E-state index contributed by atoms with van der Waals surface area (Å²) in [4.78, 5) is 14.8. The molecule has 0 radical (unpaired) electrons. The van der Waals surface area contributed by atoms with Crippen LogP contribution in [0.2, 0.25) is 0 Å². The standard InChI is InChI=1S/C22H25NO2/c1-17-5-7-18(8-6-17)9-11-21(24)19-10-12-22(25)20(15-19)16-23-13-3-2-4-14-23/h5-12,15,25H,2-4,13-14,16H2,1H3/b11-9+. The molecule has 0 unspecified atom stereocenters. The molecule has 0 bridgehead atoms. The Labute approximate surface area is 149 Å². The van der Waals surface area contributed by atoms with Crippen molar-refractivity contribution in [3.63, 3.8) is 0 Å². The average Bonchev–Trinajstić information content (AvgIpc) is 2.64. The number of phenols is 1. The summed E-state index contributed by atoms with van der Waals surface area (Å²) in [6.07, 6.45) is 7.13. The fourth-order valence-electron chi connectivity index (χ4n) is 3.17. The summed E-state index contributed by atoms with van der Waals surface area (Å²) >= 11 is 0. The van der Waals surface area contributed by atoms with E-state index in [0.29, 0.717) is 12.1 Å². The van der Waals surface area contributed by atoms with Crippen LogP contribution in [0.4, 0.5) is 0 Å². The van der Waals surface area contributed by atoms with Crippen molar-refractivity contribution in [2.75, 3.05) is 13.1 Å². The highest BCUT2D eigenvalue weighted by Gasteiger charge is 2.14. The third kappa shape index (κ3) is 4.80. The van der Waals surface area contributed by atoms with Crippen molar-refractivity contribution in [3.05, 3.63) is 70.8 Å². The minimum atomic E-state index is -0.0412. The first-order chi connectivity index (χ1) is 12.1. The van der Waals surface area contributed by atoms with E-state index in [-0.39, 0.29) is 11.5 Å². The highest BCUT2D eigenvalue weighted by atomic mass is 16.3. The Hall–Kier alpha value is -2.39. The second kappa shape index (κ2) is 8.13. The zero-order valence-electron chi connectivity index (χ0n) is 14.7. The monoisotopic (exact) mass is 335 g/mol. The average molecular weight is 335 g/mol. The Morgan fingerprint density at radius 3 is 2.52 bits per heavy atom. The third-order valence-corrected chi connectivity index (χ3v) is 4.71. The molecule has 1 saturated heterocycles. The number of rotatable bonds is 5. The molecule has 0 aromatic heterocycles. The van der Waals surface area contributed by atoms with Crippen LogP contribution in [0.3, 0.4) is 0 Å². The lowest BCUT2D eigenvalue weighted by atomic mass is 10.0. The minimum Gasteiger partial charge on any atom is -0.508 e. The first-order valence-electron chi connectivity index (χ1n) is 8.95. The number of carbonyl (C=O) groups excluding carboxylic acids is 1. The van der Waals surface area contributed by atoms with E-state index in [4.69, 9.17) is 0 Å². The maximum atomic E-state index is 12.5. The smallest absolute Gasteiger partial charge is 0.185 e. The zero-order valence-corrected chi connectivity index (χ0v) is 14.7. The molecule has 1 heterocycles. The van der Waals surface area contributed by atoms with E-state index in [1.165, 1.54) is 24.8 Å². The summed E-state index contributed by atoms with van der Waals surface area (Å²) in [6, 6.07) is 13.2. The van der Waals surface area contributed by atoms with Crippen molar-refractivity contribution in [2.45, 2.75) is 32.7 Å². The van der Waals surface area contributed by atoms with Gasteiger partial charge in [-0.15, -0.1) is 0 Å². The molecule has 1 N–H and O–H groups in total. The summed E-state index contributed by atoms with van der Waals surface area (Å²) in [5, 5.41) is 10.1. The summed E-state index contributed by atoms with van der Waals surface area (Å²) in [5.74, 6) is 0.227. The van der Waals surface area contributed by atoms with Crippen LogP contribution in [0.1, 0.15) is 46.3 Å². The lowest BCUT2D eigenvalue weighted by Crippen LogP contribution is -2.29. The lowest BCUT2D eigenvalue weighted by molar-refractivity contribution is 0.104. The summed E-state index contributed by atoms with van der Waals surface area (Å²) in [6.45, 7) is 4.86. The van der Waals surface area contributed by atoms with Gasteiger partial charge in [0.15, 0.2) is 5.78 Å². The van der Waals surface area contributed by atoms with Gasteiger partial charge in [-0.1, -0.05) is 42.3 Å². The number of benzene rings is 2. The molecule has 3 rings (SSSR count). The van der Waals surface area contributed by atoms with Crippen LogP contribution in [0, 0.1) is 6.92 Å². The van der Waals surface area contributed by atoms with Crippen molar-refractivity contribution in [2.24, 2.45) is 0 Å². The molecule has 1 aliphatic rings. The number of aryl methyl sites for hydroxylation is 1. The predicted octanol–water partition coefficient (Wildman–Crippen LogP) is 4.58. The van der Waals surface area contributed by atoms with Crippen molar-refractivity contribution >= 4 is 11.9 Å². The van der Waals surface area contributed by atoms with Gasteiger partial charge in [0, 0.05) is 17.7 Å². The molecule has 130 valence electrons. The summed E-state index contributed by atoms with van der Waals surface area (Å²) in [7, 11) is 0. The molecule has 0 atom stereocenters. The van der Waals surface area contributed by atoms with Crippen LogP contribution in [0.15, 0.2) is 48.5 Å². The van der Waals surface area contributed by atoms with Gasteiger partial charge in [-0.2, -0.15) is 0 Å². The van der Waals surface area contributed by atoms with Gasteiger partial charge in [-0.25, -0.2) is 0 Å². The Bertz CT molecular complexity index is 756. The van der Waals surface area contributed by atoms with Gasteiger partial charge in [0.2, 0.25) is 0 Å². The van der Waals surface area contributed by atoms with Gasteiger partial charge >= 0.3 is 0 Å². The van der Waals surface area contributed by atoms with Crippen molar-refractivity contribution in [1.82, 2.24) is 4.90 Å². The minimum absolute atomic E-state index is 0.0412. The summed E-state index contributed by atoms with van der Waals surface area (Å²) < 4.78 is 0. The molecular formula is C22H25NO2. The van der Waals surface area contributed by atoms with Crippen LogP contribution in [0.5, 0.6) is 5.75 Å². The first kappa shape index (κ1) is 17.4. The molecule has 3 nitrogen and oxygen atoms in total. The van der Waals surface area contributed by atoms with Crippen molar-refractivity contribution in [3.8, 4) is 5.75 Å². The van der Waals surface area contributed by atoms with Crippen LogP contribution in [-0.2, 0) is 6.54 Å². The number of hydrogen-bond donors (Lipinski definition) is 1. The van der Waals surface area contributed by atoms with Gasteiger partial charge in [0.05, 0.1) is 0 Å². The number of ketones is 1. The topological polar surface area (TPSA) is 40.5 Å². The Balaban J connectivity index is 1.71. The molecule has 0 aliphatic carbocycles. The molecule has 1 aliphatic heterocycles. The SMILES string of the molecule is Cc1ccc(/C=C/C(=O)c2ccc(O)c(CN3CCCCC3)c2)cc1. The third-order valence-electron chi connectivity index (χ3n) is 4.71. The number of allylic oxidation sites excluding steroid dienone is 1.